The number of rotatable bonds is 5. The van der Waals surface area contributed by atoms with Crippen molar-refractivity contribution in [3.63, 3.8) is 0 Å². The van der Waals surface area contributed by atoms with Gasteiger partial charge in [-0.2, -0.15) is 5.10 Å². The fourth-order valence-corrected chi connectivity index (χ4v) is 3.67. The van der Waals surface area contributed by atoms with Crippen LogP contribution in [0, 0.1) is 13.8 Å². The molecular formula is C21H20N4OS. The van der Waals surface area contributed by atoms with E-state index >= 15 is 0 Å². The predicted octanol–water partition coefficient (Wildman–Crippen LogP) is 4.27. The molecule has 136 valence electrons. The molecule has 0 spiro atoms. The Hall–Kier alpha value is -3.12. The number of aryl methyl sites for hydroxylation is 2. The highest BCUT2D eigenvalue weighted by molar-refractivity contribution is 7.09. The lowest BCUT2D eigenvalue weighted by atomic mass is 10.2. The van der Waals surface area contributed by atoms with Crippen molar-refractivity contribution in [1.29, 1.82) is 0 Å². The van der Waals surface area contributed by atoms with Crippen LogP contribution in [0.25, 0.3) is 11.5 Å². The Balaban J connectivity index is 1.76. The lowest BCUT2D eigenvalue weighted by Gasteiger charge is -2.11. The van der Waals surface area contributed by atoms with Crippen molar-refractivity contribution in [3.05, 3.63) is 88.0 Å². The molecule has 0 aliphatic heterocycles. The van der Waals surface area contributed by atoms with E-state index in [1.807, 2.05) is 82.5 Å². The van der Waals surface area contributed by atoms with Crippen LogP contribution in [0.1, 0.15) is 26.5 Å². The lowest BCUT2D eigenvalue weighted by Crippen LogP contribution is -2.24. The van der Waals surface area contributed by atoms with Crippen molar-refractivity contribution in [2.24, 2.45) is 0 Å². The fraction of sp³-hybridized carbons (Fsp3) is 0.143. The Morgan fingerprint density at radius 1 is 1.07 bits per heavy atom. The maximum atomic E-state index is 13.0. The Bertz CT molecular complexity index is 1040. The normalized spacial score (nSPS) is 10.9. The van der Waals surface area contributed by atoms with Crippen molar-refractivity contribution >= 4 is 17.2 Å². The number of hydrogen-bond donors (Lipinski definition) is 1. The minimum Gasteiger partial charge on any atom is -0.347 e. The van der Waals surface area contributed by atoms with Crippen LogP contribution in [0.3, 0.4) is 0 Å². The second-order valence-corrected chi connectivity index (χ2v) is 7.42. The monoisotopic (exact) mass is 376 g/mol. The fourth-order valence-electron chi connectivity index (χ4n) is 3.03. The summed E-state index contributed by atoms with van der Waals surface area (Å²) in [6.45, 7) is 4.43. The number of carbonyl (C=O) groups excluding carboxylic acids is 1. The third-order valence-corrected chi connectivity index (χ3v) is 5.27. The minimum absolute atomic E-state index is 0.122. The van der Waals surface area contributed by atoms with Gasteiger partial charge in [0.15, 0.2) is 5.82 Å². The van der Waals surface area contributed by atoms with E-state index in [1.165, 1.54) is 5.56 Å². The van der Waals surface area contributed by atoms with Gasteiger partial charge in [-0.05, 0) is 49.6 Å². The van der Waals surface area contributed by atoms with Gasteiger partial charge in [-0.1, -0.05) is 23.8 Å². The molecule has 3 aromatic heterocycles. The van der Waals surface area contributed by atoms with Gasteiger partial charge in [0.25, 0.3) is 5.91 Å². The van der Waals surface area contributed by atoms with Crippen molar-refractivity contribution < 1.29 is 4.79 Å². The highest BCUT2D eigenvalue weighted by atomic mass is 32.1. The molecule has 5 nitrogen and oxygen atoms in total. The van der Waals surface area contributed by atoms with Gasteiger partial charge in [0.2, 0.25) is 0 Å². The van der Waals surface area contributed by atoms with E-state index in [4.69, 9.17) is 0 Å². The Kier molecular flexibility index (Phi) is 4.64. The standard InChI is InChI=1S/C21H20N4OS/c1-15-7-9-17(10-8-15)25-21(24-11-3-4-12-24)19(16(2)23-25)20(26)22-14-18-6-5-13-27-18/h3-13H,14H2,1-2H3,(H,22,26). The van der Waals surface area contributed by atoms with E-state index in [1.54, 1.807) is 11.3 Å². The summed E-state index contributed by atoms with van der Waals surface area (Å²) >= 11 is 1.63. The maximum absolute atomic E-state index is 13.0. The Morgan fingerprint density at radius 3 is 2.48 bits per heavy atom. The number of carbonyl (C=O) groups is 1. The minimum atomic E-state index is -0.122. The molecule has 0 atom stereocenters. The molecule has 0 saturated heterocycles. The molecule has 0 bridgehead atoms. The van der Waals surface area contributed by atoms with Crippen LogP contribution in [0.2, 0.25) is 0 Å². The van der Waals surface area contributed by atoms with Gasteiger partial charge in [-0.3, -0.25) is 4.79 Å². The first kappa shape index (κ1) is 17.3. The van der Waals surface area contributed by atoms with Crippen LogP contribution >= 0.6 is 11.3 Å². The van der Waals surface area contributed by atoms with Crippen LogP contribution < -0.4 is 5.32 Å². The number of nitrogens with zero attached hydrogens (tertiary/aromatic N) is 3. The predicted molar refractivity (Wildman–Crippen MR) is 108 cm³/mol. The number of thiophene rings is 1. The summed E-state index contributed by atoms with van der Waals surface area (Å²) in [6.07, 6.45) is 3.86. The molecule has 0 saturated carbocycles. The van der Waals surface area contributed by atoms with Gasteiger partial charge in [-0.25, -0.2) is 4.68 Å². The Labute approximate surface area is 161 Å². The van der Waals surface area contributed by atoms with Crippen molar-refractivity contribution in [2.75, 3.05) is 0 Å². The molecule has 27 heavy (non-hydrogen) atoms. The molecule has 6 heteroatoms. The highest BCUT2D eigenvalue weighted by Gasteiger charge is 2.23. The zero-order chi connectivity index (χ0) is 18.8. The SMILES string of the molecule is Cc1ccc(-n2nc(C)c(C(=O)NCc3cccs3)c2-n2cccc2)cc1. The second kappa shape index (κ2) is 7.25. The van der Waals surface area contributed by atoms with Crippen LogP contribution in [0.15, 0.2) is 66.3 Å². The van der Waals surface area contributed by atoms with Crippen molar-refractivity contribution in [1.82, 2.24) is 19.7 Å². The van der Waals surface area contributed by atoms with Gasteiger partial charge >= 0.3 is 0 Å². The molecule has 1 amide bonds. The first-order chi connectivity index (χ1) is 13.1. The van der Waals surface area contributed by atoms with Gasteiger partial charge < -0.3 is 9.88 Å². The highest BCUT2D eigenvalue weighted by Crippen LogP contribution is 2.23. The quantitative estimate of drug-likeness (QED) is 0.565. The van der Waals surface area contributed by atoms with Crippen LogP contribution in [0.5, 0.6) is 0 Å². The molecule has 0 fully saturated rings. The van der Waals surface area contributed by atoms with Gasteiger partial charge in [0.1, 0.15) is 5.56 Å². The molecule has 3 heterocycles. The zero-order valence-electron chi connectivity index (χ0n) is 15.2. The molecule has 4 aromatic rings. The number of nitrogens with one attached hydrogen (secondary N) is 1. The average Bonchev–Trinajstić information content (AvgIpc) is 3.41. The van der Waals surface area contributed by atoms with E-state index in [-0.39, 0.29) is 5.91 Å². The molecule has 0 unspecified atom stereocenters. The average molecular weight is 376 g/mol. The van der Waals surface area contributed by atoms with Crippen molar-refractivity contribution in [3.8, 4) is 11.5 Å². The van der Waals surface area contributed by atoms with E-state index < -0.39 is 0 Å². The van der Waals surface area contributed by atoms with Crippen LogP contribution in [0.4, 0.5) is 0 Å². The summed E-state index contributed by atoms with van der Waals surface area (Å²) in [5, 5.41) is 9.70. The Morgan fingerprint density at radius 2 is 1.81 bits per heavy atom. The number of benzene rings is 1. The molecular weight excluding hydrogens is 356 g/mol. The molecule has 1 aromatic carbocycles. The van der Waals surface area contributed by atoms with Crippen LogP contribution in [-0.2, 0) is 6.54 Å². The van der Waals surface area contributed by atoms with Crippen molar-refractivity contribution in [2.45, 2.75) is 20.4 Å². The molecule has 1 N–H and O–H groups in total. The van der Waals surface area contributed by atoms with Gasteiger partial charge in [0, 0.05) is 17.3 Å². The van der Waals surface area contributed by atoms with E-state index in [0.717, 1.165) is 16.4 Å². The molecule has 0 aliphatic rings. The first-order valence-electron chi connectivity index (χ1n) is 8.74. The zero-order valence-corrected chi connectivity index (χ0v) is 16.0. The third-order valence-electron chi connectivity index (χ3n) is 4.39. The van der Waals surface area contributed by atoms with E-state index in [9.17, 15) is 4.79 Å². The summed E-state index contributed by atoms with van der Waals surface area (Å²) in [5.74, 6) is 0.619. The topological polar surface area (TPSA) is 51.9 Å². The lowest BCUT2D eigenvalue weighted by molar-refractivity contribution is 0.0950. The maximum Gasteiger partial charge on any atom is 0.257 e. The largest absolute Gasteiger partial charge is 0.347 e. The van der Waals surface area contributed by atoms with Gasteiger partial charge in [-0.15, -0.1) is 11.3 Å². The van der Waals surface area contributed by atoms with E-state index in [0.29, 0.717) is 17.8 Å². The summed E-state index contributed by atoms with van der Waals surface area (Å²) in [7, 11) is 0. The molecule has 4 rings (SSSR count). The summed E-state index contributed by atoms with van der Waals surface area (Å²) < 4.78 is 3.76. The number of aromatic nitrogens is 3. The van der Waals surface area contributed by atoms with E-state index in [2.05, 4.69) is 17.3 Å². The molecule has 0 radical (unpaired) electrons. The number of hydrogen-bond acceptors (Lipinski definition) is 3. The second-order valence-electron chi connectivity index (χ2n) is 6.38. The number of amides is 1. The van der Waals surface area contributed by atoms with Gasteiger partial charge in [0.05, 0.1) is 17.9 Å². The summed E-state index contributed by atoms with van der Waals surface area (Å²) in [6, 6.07) is 16.0. The summed E-state index contributed by atoms with van der Waals surface area (Å²) in [5.41, 5.74) is 3.38. The first-order valence-corrected chi connectivity index (χ1v) is 9.62. The smallest absolute Gasteiger partial charge is 0.257 e. The third kappa shape index (κ3) is 3.44. The summed E-state index contributed by atoms with van der Waals surface area (Å²) in [4.78, 5) is 14.1. The van der Waals surface area contributed by atoms with Crippen LogP contribution in [-0.4, -0.2) is 20.3 Å². The molecule has 0 aliphatic carbocycles.